The predicted octanol–water partition coefficient (Wildman–Crippen LogP) is 0.478. The van der Waals surface area contributed by atoms with Crippen molar-refractivity contribution in [3.8, 4) is 0 Å². The molecule has 8 heteroatoms. The van der Waals surface area contributed by atoms with Crippen molar-refractivity contribution in [3.63, 3.8) is 0 Å². The first kappa shape index (κ1) is 17.1. The van der Waals surface area contributed by atoms with Crippen LogP contribution in [0.2, 0.25) is 0 Å². The van der Waals surface area contributed by atoms with Gasteiger partial charge in [0.2, 0.25) is 5.91 Å². The Balaban J connectivity index is 0. The summed E-state index contributed by atoms with van der Waals surface area (Å²) in [5.41, 5.74) is 10.2. The fourth-order valence-corrected chi connectivity index (χ4v) is 0.427. The SMILES string of the molecule is CC(C)(C)[C@H](N)C(N)=O.O=C(O)C(F)(F)F. The van der Waals surface area contributed by atoms with Gasteiger partial charge in [-0.05, 0) is 5.41 Å². The van der Waals surface area contributed by atoms with E-state index in [-0.39, 0.29) is 5.41 Å². The maximum Gasteiger partial charge on any atom is 0.490 e. The summed E-state index contributed by atoms with van der Waals surface area (Å²) >= 11 is 0. The number of alkyl halides is 3. The van der Waals surface area contributed by atoms with Crippen molar-refractivity contribution in [2.24, 2.45) is 16.9 Å². The summed E-state index contributed by atoms with van der Waals surface area (Å²) in [4.78, 5) is 19.3. The minimum atomic E-state index is -5.08. The number of carboxylic acid groups (broad SMARTS) is 1. The number of primary amides is 1. The van der Waals surface area contributed by atoms with Crippen molar-refractivity contribution in [2.75, 3.05) is 0 Å². The van der Waals surface area contributed by atoms with Gasteiger partial charge >= 0.3 is 12.1 Å². The molecule has 0 unspecified atom stereocenters. The van der Waals surface area contributed by atoms with E-state index in [1.807, 2.05) is 20.8 Å². The molecule has 0 aromatic carbocycles. The summed E-state index contributed by atoms with van der Waals surface area (Å²) in [5.74, 6) is -3.20. The van der Waals surface area contributed by atoms with Gasteiger partial charge in [0, 0.05) is 0 Å². The molecule has 0 heterocycles. The lowest BCUT2D eigenvalue weighted by atomic mass is 9.87. The highest BCUT2D eigenvalue weighted by atomic mass is 19.4. The average Bonchev–Trinajstić information content (AvgIpc) is 2.00. The molecule has 0 spiro atoms. The molecule has 0 aromatic heterocycles. The summed E-state index contributed by atoms with van der Waals surface area (Å²) < 4.78 is 31.7. The highest BCUT2D eigenvalue weighted by Gasteiger charge is 2.38. The molecule has 0 bridgehead atoms. The summed E-state index contributed by atoms with van der Waals surface area (Å²) in [5, 5.41) is 7.12. The van der Waals surface area contributed by atoms with Crippen LogP contribution in [0.1, 0.15) is 20.8 Å². The second-order valence-corrected chi connectivity index (χ2v) is 4.05. The number of hydrogen-bond acceptors (Lipinski definition) is 3. The molecule has 5 N–H and O–H groups in total. The van der Waals surface area contributed by atoms with Crippen LogP contribution in [0, 0.1) is 5.41 Å². The number of nitrogens with two attached hydrogens (primary N) is 2. The van der Waals surface area contributed by atoms with Gasteiger partial charge in [-0.3, -0.25) is 4.79 Å². The molecule has 0 aromatic rings. The van der Waals surface area contributed by atoms with E-state index < -0.39 is 24.1 Å². The van der Waals surface area contributed by atoms with Crippen LogP contribution >= 0.6 is 0 Å². The number of rotatable bonds is 1. The Labute approximate surface area is 90.6 Å². The zero-order chi connectivity index (χ0) is 13.7. The molecule has 0 aliphatic rings. The fourth-order valence-electron chi connectivity index (χ4n) is 0.427. The number of hydrogen-bond donors (Lipinski definition) is 3. The lowest BCUT2D eigenvalue weighted by Gasteiger charge is -2.23. The Morgan fingerprint density at radius 1 is 1.19 bits per heavy atom. The molecule has 0 aliphatic heterocycles. The Morgan fingerprint density at radius 2 is 1.44 bits per heavy atom. The van der Waals surface area contributed by atoms with Crippen molar-refractivity contribution >= 4 is 11.9 Å². The first-order chi connectivity index (χ1) is 6.80. The third-order valence-corrected chi connectivity index (χ3v) is 1.48. The molecule has 0 saturated heterocycles. The van der Waals surface area contributed by atoms with E-state index in [2.05, 4.69) is 0 Å². The molecule has 0 aliphatic carbocycles. The van der Waals surface area contributed by atoms with Crippen molar-refractivity contribution in [3.05, 3.63) is 0 Å². The van der Waals surface area contributed by atoms with E-state index in [4.69, 9.17) is 21.4 Å². The smallest absolute Gasteiger partial charge is 0.475 e. The largest absolute Gasteiger partial charge is 0.490 e. The zero-order valence-electron chi connectivity index (χ0n) is 9.13. The standard InChI is InChI=1S/C6H14N2O.C2HF3O2/c1-6(2,3)4(7)5(8)9;3-2(4,5)1(6)7/h4H,7H2,1-3H3,(H2,8,9);(H,6,7)/t4-;/m1./s1. The lowest BCUT2D eigenvalue weighted by molar-refractivity contribution is -0.192. The van der Waals surface area contributed by atoms with Gasteiger partial charge in [0.1, 0.15) is 0 Å². The van der Waals surface area contributed by atoms with Gasteiger partial charge in [-0.15, -0.1) is 0 Å². The van der Waals surface area contributed by atoms with Gasteiger partial charge in [-0.25, -0.2) is 4.79 Å². The van der Waals surface area contributed by atoms with Crippen LogP contribution in [0.25, 0.3) is 0 Å². The molecule has 0 saturated carbocycles. The third-order valence-electron chi connectivity index (χ3n) is 1.48. The molecule has 5 nitrogen and oxygen atoms in total. The van der Waals surface area contributed by atoms with Crippen LogP contribution in [-0.4, -0.2) is 29.2 Å². The van der Waals surface area contributed by atoms with Gasteiger partial charge in [-0.2, -0.15) is 13.2 Å². The van der Waals surface area contributed by atoms with E-state index in [9.17, 15) is 18.0 Å². The Hall–Kier alpha value is -1.31. The fraction of sp³-hybridized carbons (Fsp3) is 0.750. The molecule has 1 amide bonds. The Kier molecular flexibility index (Phi) is 6.08. The monoisotopic (exact) mass is 244 g/mol. The van der Waals surface area contributed by atoms with Crippen LogP contribution in [0.15, 0.2) is 0 Å². The van der Waals surface area contributed by atoms with Gasteiger partial charge in [-0.1, -0.05) is 20.8 Å². The molecule has 0 rings (SSSR count). The number of halogens is 3. The summed E-state index contributed by atoms with van der Waals surface area (Å²) in [6.45, 7) is 5.63. The average molecular weight is 244 g/mol. The number of carboxylic acids is 1. The zero-order valence-corrected chi connectivity index (χ0v) is 9.13. The quantitative estimate of drug-likeness (QED) is 0.623. The van der Waals surface area contributed by atoms with E-state index in [1.54, 1.807) is 0 Å². The second-order valence-electron chi connectivity index (χ2n) is 4.05. The highest BCUT2D eigenvalue weighted by Crippen LogP contribution is 2.16. The molecular weight excluding hydrogens is 229 g/mol. The van der Waals surface area contributed by atoms with E-state index in [0.29, 0.717) is 0 Å². The summed E-state index contributed by atoms with van der Waals surface area (Å²) in [6, 6.07) is -0.544. The minimum absolute atomic E-state index is 0.216. The number of amides is 1. The molecular formula is C8H15F3N2O3. The summed E-state index contributed by atoms with van der Waals surface area (Å²) in [7, 11) is 0. The van der Waals surface area contributed by atoms with Crippen LogP contribution in [0.3, 0.4) is 0 Å². The maximum atomic E-state index is 10.6. The van der Waals surface area contributed by atoms with Crippen molar-refractivity contribution in [1.29, 1.82) is 0 Å². The van der Waals surface area contributed by atoms with E-state index >= 15 is 0 Å². The van der Waals surface area contributed by atoms with Crippen molar-refractivity contribution in [1.82, 2.24) is 0 Å². The Morgan fingerprint density at radius 3 is 1.44 bits per heavy atom. The van der Waals surface area contributed by atoms with Crippen LogP contribution in [0.5, 0.6) is 0 Å². The van der Waals surface area contributed by atoms with Gasteiger partial charge in [0.15, 0.2) is 0 Å². The van der Waals surface area contributed by atoms with Gasteiger partial charge < -0.3 is 16.6 Å². The molecule has 1 atom stereocenters. The highest BCUT2D eigenvalue weighted by molar-refractivity contribution is 5.80. The summed E-state index contributed by atoms with van der Waals surface area (Å²) in [6.07, 6.45) is -5.08. The third kappa shape index (κ3) is 8.04. The normalized spacial score (nSPS) is 13.4. The van der Waals surface area contributed by atoms with E-state index in [1.165, 1.54) is 0 Å². The van der Waals surface area contributed by atoms with Crippen LogP contribution in [0.4, 0.5) is 13.2 Å². The molecule has 96 valence electrons. The van der Waals surface area contributed by atoms with Gasteiger partial charge in [0.05, 0.1) is 6.04 Å². The van der Waals surface area contributed by atoms with Crippen LogP contribution < -0.4 is 11.5 Å². The van der Waals surface area contributed by atoms with Crippen molar-refractivity contribution < 1.29 is 27.9 Å². The predicted molar refractivity (Wildman–Crippen MR) is 50.3 cm³/mol. The first-order valence-corrected chi connectivity index (χ1v) is 4.15. The van der Waals surface area contributed by atoms with Gasteiger partial charge in [0.25, 0.3) is 0 Å². The number of aliphatic carboxylic acids is 1. The number of carbonyl (C=O) groups excluding carboxylic acids is 1. The second kappa shape index (κ2) is 5.69. The molecule has 16 heavy (non-hydrogen) atoms. The maximum absolute atomic E-state index is 10.6. The Bertz CT molecular complexity index is 258. The topological polar surface area (TPSA) is 106 Å². The van der Waals surface area contributed by atoms with E-state index in [0.717, 1.165) is 0 Å². The number of carbonyl (C=O) groups is 2. The van der Waals surface area contributed by atoms with Crippen LogP contribution in [-0.2, 0) is 9.59 Å². The molecule has 0 fully saturated rings. The lowest BCUT2D eigenvalue weighted by Crippen LogP contribution is -2.46. The molecule has 0 radical (unpaired) electrons. The van der Waals surface area contributed by atoms with Crippen molar-refractivity contribution in [2.45, 2.75) is 33.0 Å². The first-order valence-electron chi connectivity index (χ1n) is 4.15. The minimum Gasteiger partial charge on any atom is -0.475 e.